The largest absolute Gasteiger partial charge is 0.294 e. The summed E-state index contributed by atoms with van der Waals surface area (Å²) in [5.41, 5.74) is 3.38. The van der Waals surface area contributed by atoms with Crippen LogP contribution in [0.3, 0.4) is 0 Å². The zero-order chi connectivity index (χ0) is 16.0. The first kappa shape index (κ1) is 17.4. The fourth-order valence-corrected chi connectivity index (χ4v) is 2.71. The Morgan fingerprint density at radius 3 is 1.62 bits per heavy atom. The molecule has 2 aromatic carbocycles. The van der Waals surface area contributed by atoms with Crippen LogP contribution in [-0.4, -0.2) is 13.0 Å². The lowest BCUT2D eigenvalue weighted by atomic mass is 10.0. The fourth-order valence-electron chi connectivity index (χ4n) is 1.86. The van der Waals surface area contributed by atoms with E-state index in [2.05, 4.69) is 38.1 Å². The maximum atomic E-state index is 10.9. The molecular formula is C17H22O3S. The van der Waals surface area contributed by atoms with Gasteiger partial charge in [-0.1, -0.05) is 56.3 Å². The van der Waals surface area contributed by atoms with Gasteiger partial charge in [0.1, 0.15) is 0 Å². The van der Waals surface area contributed by atoms with Gasteiger partial charge in [-0.05, 0) is 42.5 Å². The first-order valence-corrected chi connectivity index (χ1v) is 8.26. The molecule has 2 aromatic rings. The van der Waals surface area contributed by atoms with E-state index in [0.717, 1.165) is 0 Å². The third-order valence-corrected chi connectivity index (χ3v) is 4.17. The van der Waals surface area contributed by atoms with Crippen molar-refractivity contribution in [2.75, 3.05) is 0 Å². The molecule has 0 amide bonds. The van der Waals surface area contributed by atoms with Crippen LogP contribution >= 0.6 is 0 Å². The standard InChI is InChI=1S/C9H12O3S.C8H10/c1-7(2)8-5-3-4-6-9(8)13(10,11)12;1-7-5-3-4-6-8(7)2/h3-7H,1-2H3,(H,10,11,12);3-6H,1-2H3. The Hall–Kier alpha value is -1.65. The molecule has 0 bridgehead atoms. The molecule has 2 rings (SSSR count). The molecule has 0 aliphatic rings. The van der Waals surface area contributed by atoms with Crippen molar-refractivity contribution in [1.82, 2.24) is 0 Å². The number of hydrogen-bond acceptors (Lipinski definition) is 2. The van der Waals surface area contributed by atoms with E-state index in [1.165, 1.54) is 17.2 Å². The van der Waals surface area contributed by atoms with Gasteiger partial charge in [0.25, 0.3) is 10.1 Å². The van der Waals surface area contributed by atoms with E-state index in [-0.39, 0.29) is 10.8 Å². The highest BCUT2D eigenvalue weighted by atomic mass is 32.2. The molecule has 0 aliphatic heterocycles. The minimum Gasteiger partial charge on any atom is -0.282 e. The van der Waals surface area contributed by atoms with E-state index < -0.39 is 10.1 Å². The maximum absolute atomic E-state index is 10.9. The number of rotatable bonds is 2. The average Bonchev–Trinajstić information content (AvgIpc) is 2.42. The van der Waals surface area contributed by atoms with Gasteiger partial charge in [-0.3, -0.25) is 4.55 Å². The van der Waals surface area contributed by atoms with Crippen LogP contribution in [0.4, 0.5) is 0 Å². The second kappa shape index (κ2) is 7.38. The number of hydrogen-bond donors (Lipinski definition) is 1. The summed E-state index contributed by atoms with van der Waals surface area (Å²) in [6.07, 6.45) is 0. The lowest BCUT2D eigenvalue weighted by molar-refractivity contribution is 0.481. The lowest BCUT2D eigenvalue weighted by Gasteiger charge is -2.09. The lowest BCUT2D eigenvalue weighted by Crippen LogP contribution is -2.03. The van der Waals surface area contributed by atoms with Crippen LogP contribution in [-0.2, 0) is 10.1 Å². The third-order valence-electron chi connectivity index (χ3n) is 3.24. The molecule has 0 aromatic heterocycles. The van der Waals surface area contributed by atoms with Crippen molar-refractivity contribution in [1.29, 1.82) is 0 Å². The molecular weight excluding hydrogens is 284 g/mol. The topological polar surface area (TPSA) is 54.4 Å². The zero-order valence-corrected chi connectivity index (χ0v) is 13.7. The SMILES string of the molecule is CC(C)c1ccccc1S(=O)(=O)O.Cc1ccccc1C. The molecule has 0 spiro atoms. The van der Waals surface area contributed by atoms with Gasteiger partial charge in [0.15, 0.2) is 0 Å². The Bertz CT molecular complexity index is 668. The van der Waals surface area contributed by atoms with Crippen molar-refractivity contribution in [3.8, 4) is 0 Å². The summed E-state index contributed by atoms with van der Waals surface area (Å²) < 4.78 is 30.7. The van der Waals surface area contributed by atoms with Gasteiger partial charge in [0.2, 0.25) is 0 Å². The van der Waals surface area contributed by atoms with Gasteiger partial charge in [-0.25, -0.2) is 0 Å². The summed E-state index contributed by atoms with van der Waals surface area (Å²) in [5.74, 6) is 0.0816. The van der Waals surface area contributed by atoms with Crippen molar-refractivity contribution >= 4 is 10.1 Å². The summed E-state index contributed by atoms with van der Waals surface area (Å²) in [4.78, 5) is 0.00463. The molecule has 0 heterocycles. The molecule has 0 fully saturated rings. The molecule has 0 aliphatic carbocycles. The van der Waals surface area contributed by atoms with Crippen LogP contribution in [0.1, 0.15) is 36.5 Å². The molecule has 0 saturated carbocycles. The molecule has 114 valence electrons. The van der Waals surface area contributed by atoms with E-state index in [9.17, 15) is 8.42 Å². The van der Waals surface area contributed by atoms with Gasteiger partial charge in [-0.2, -0.15) is 8.42 Å². The fraction of sp³-hybridized carbons (Fsp3) is 0.294. The summed E-state index contributed by atoms with van der Waals surface area (Å²) in [6, 6.07) is 14.8. The Morgan fingerprint density at radius 2 is 1.29 bits per heavy atom. The van der Waals surface area contributed by atoms with Gasteiger partial charge in [-0.15, -0.1) is 0 Å². The van der Waals surface area contributed by atoms with Crippen molar-refractivity contribution < 1.29 is 13.0 Å². The first-order chi connectivity index (χ1) is 9.73. The van der Waals surface area contributed by atoms with Crippen molar-refractivity contribution in [3.05, 3.63) is 65.2 Å². The average molecular weight is 306 g/mol. The van der Waals surface area contributed by atoms with Crippen LogP contribution in [0.5, 0.6) is 0 Å². The van der Waals surface area contributed by atoms with E-state index in [4.69, 9.17) is 4.55 Å². The molecule has 3 nitrogen and oxygen atoms in total. The zero-order valence-electron chi connectivity index (χ0n) is 12.9. The van der Waals surface area contributed by atoms with Crippen LogP contribution in [0.15, 0.2) is 53.4 Å². The molecule has 0 unspecified atom stereocenters. The number of aryl methyl sites for hydroxylation is 2. The Morgan fingerprint density at radius 1 is 0.857 bits per heavy atom. The minimum atomic E-state index is -4.08. The molecule has 0 saturated heterocycles. The van der Waals surface area contributed by atoms with Gasteiger partial charge in [0.05, 0.1) is 4.90 Å². The van der Waals surface area contributed by atoms with Crippen molar-refractivity contribution in [2.45, 2.75) is 38.5 Å². The minimum absolute atomic E-state index is 0.00463. The Kier molecular flexibility index (Phi) is 6.12. The summed E-state index contributed by atoms with van der Waals surface area (Å²) >= 11 is 0. The van der Waals surface area contributed by atoms with Crippen molar-refractivity contribution in [3.63, 3.8) is 0 Å². The van der Waals surface area contributed by atoms with E-state index in [0.29, 0.717) is 5.56 Å². The predicted molar refractivity (Wildman–Crippen MR) is 86.3 cm³/mol. The maximum Gasteiger partial charge on any atom is 0.294 e. The van der Waals surface area contributed by atoms with Gasteiger partial charge in [0, 0.05) is 0 Å². The molecule has 1 N–H and O–H groups in total. The highest BCUT2D eigenvalue weighted by Crippen LogP contribution is 2.22. The van der Waals surface area contributed by atoms with Gasteiger partial charge < -0.3 is 0 Å². The molecule has 0 radical (unpaired) electrons. The summed E-state index contributed by atoms with van der Waals surface area (Å²) in [5, 5.41) is 0. The Labute approximate surface area is 127 Å². The van der Waals surface area contributed by atoms with Crippen LogP contribution in [0, 0.1) is 13.8 Å². The molecule has 21 heavy (non-hydrogen) atoms. The quantitative estimate of drug-likeness (QED) is 0.839. The van der Waals surface area contributed by atoms with Crippen molar-refractivity contribution in [2.24, 2.45) is 0 Å². The molecule has 0 atom stereocenters. The van der Waals surface area contributed by atoms with Crippen LogP contribution in [0.2, 0.25) is 0 Å². The summed E-state index contributed by atoms with van der Waals surface area (Å²) in [6.45, 7) is 8.00. The second-order valence-electron chi connectivity index (χ2n) is 5.25. The van der Waals surface area contributed by atoms with E-state index in [1.54, 1.807) is 18.2 Å². The highest BCUT2D eigenvalue weighted by molar-refractivity contribution is 7.85. The second-order valence-corrected chi connectivity index (χ2v) is 6.64. The smallest absolute Gasteiger partial charge is 0.282 e. The predicted octanol–water partition coefficient (Wildman–Crippen LogP) is 4.36. The normalized spacial score (nSPS) is 11.0. The van der Waals surface area contributed by atoms with Crippen LogP contribution in [0.25, 0.3) is 0 Å². The van der Waals surface area contributed by atoms with Crippen LogP contribution < -0.4 is 0 Å². The summed E-state index contributed by atoms with van der Waals surface area (Å²) in [7, 11) is -4.08. The monoisotopic (exact) mass is 306 g/mol. The van der Waals surface area contributed by atoms with E-state index in [1.807, 2.05) is 13.8 Å². The van der Waals surface area contributed by atoms with Gasteiger partial charge >= 0.3 is 0 Å². The Balaban J connectivity index is 0.000000235. The third kappa shape index (κ3) is 5.33. The molecule has 4 heteroatoms. The first-order valence-electron chi connectivity index (χ1n) is 6.82. The highest BCUT2D eigenvalue weighted by Gasteiger charge is 2.15. The number of benzene rings is 2. The van der Waals surface area contributed by atoms with E-state index >= 15 is 0 Å².